The maximum absolute atomic E-state index is 12.1. The summed E-state index contributed by atoms with van der Waals surface area (Å²) < 4.78 is 28.2. The highest BCUT2D eigenvalue weighted by Gasteiger charge is 2.16. The standard InChI is InChI=1S/C11H13ClN4O2S/c1-16-5-4-11(14-16)15-19(17,18)9-2-3-10(12)8(6-9)7-13/h2-6H,7,13H2,1H3,(H,14,15). The van der Waals surface area contributed by atoms with Crippen molar-refractivity contribution in [2.24, 2.45) is 12.8 Å². The highest BCUT2D eigenvalue weighted by Crippen LogP contribution is 2.21. The Balaban J connectivity index is 2.34. The van der Waals surface area contributed by atoms with E-state index in [1.807, 2.05) is 0 Å². The van der Waals surface area contributed by atoms with E-state index in [0.29, 0.717) is 10.6 Å². The highest BCUT2D eigenvalue weighted by molar-refractivity contribution is 7.92. The maximum atomic E-state index is 12.1. The van der Waals surface area contributed by atoms with E-state index in [0.717, 1.165) is 0 Å². The van der Waals surface area contributed by atoms with Crippen molar-refractivity contribution in [1.29, 1.82) is 0 Å². The van der Waals surface area contributed by atoms with Gasteiger partial charge in [-0.1, -0.05) is 11.6 Å². The van der Waals surface area contributed by atoms with Gasteiger partial charge in [-0.15, -0.1) is 0 Å². The lowest BCUT2D eigenvalue weighted by molar-refractivity contribution is 0.600. The van der Waals surface area contributed by atoms with E-state index in [1.54, 1.807) is 19.3 Å². The summed E-state index contributed by atoms with van der Waals surface area (Å²) in [7, 11) is -1.99. The number of benzene rings is 1. The number of hydrogen-bond donors (Lipinski definition) is 2. The SMILES string of the molecule is Cn1ccc(NS(=O)(=O)c2ccc(Cl)c(CN)c2)n1. The number of nitrogens with one attached hydrogen (secondary N) is 1. The van der Waals surface area contributed by atoms with Crippen molar-refractivity contribution in [3.05, 3.63) is 41.0 Å². The Hall–Kier alpha value is -1.57. The topological polar surface area (TPSA) is 90.0 Å². The van der Waals surface area contributed by atoms with Crippen LogP contribution in [0.1, 0.15) is 5.56 Å². The molecular formula is C11H13ClN4O2S. The second-order valence-corrected chi connectivity index (χ2v) is 6.03. The lowest BCUT2D eigenvalue weighted by Gasteiger charge is -2.08. The first-order valence-electron chi connectivity index (χ1n) is 5.43. The summed E-state index contributed by atoms with van der Waals surface area (Å²) in [6.07, 6.45) is 1.64. The van der Waals surface area contributed by atoms with E-state index < -0.39 is 10.0 Å². The smallest absolute Gasteiger partial charge is 0.263 e. The first-order valence-corrected chi connectivity index (χ1v) is 7.29. The molecule has 3 N–H and O–H groups in total. The number of sulfonamides is 1. The summed E-state index contributed by atoms with van der Waals surface area (Å²) in [5, 5.41) is 4.40. The molecule has 8 heteroatoms. The molecule has 1 aromatic heterocycles. The summed E-state index contributed by atoms with van der Waals surface area (Å²) in [4.78, 5) is 0.100. The molecule has 0 spiro atoms. The number of rotatable bonds is 4. The summed E-state index contributed by atoms with van der Waals surface area (Å²) in [5.41, 5.74) is 6.08. The van der Waals surface area contributed by atoms with Gasteiger partial charge >= 0.3 is 0 Å². The van der Waals surface area contributed by atoms with Crippen LogP contribution in [-0.4, -0.2) is 18.2 Å². The molecule has 0 aliphatic carbocycles. The summed E-state index contributed by atoms with van der Waals surface area (Å²) >= 11 is 5.90. The Kier molecular flexibility index (Phi) is 3.79. The van der Waals surface area contributed by atoms with Gasteiger partial charge in [-0.3, -0.25) is 9.40 Å². The number of halogens is 1. The Labute approximate surface area is 116 Å². The summed E-state index contributed by atoms with van der Waals surface area (Å²) in [6.45, 7) is 0.172. The third kappa shape index (κ3) is 3.06. The Morgan fingerprint density at radius 1 is 1.42 bits per heavy atom. The predicted molar refractivity (Wildman–Crippen MR) is 73.4 cm³/mol. The number of aryl methyl sites for hydroxylation is 1. The summed E-state index contributed by atoms with van der Waals surface area (Å²) in [5.74, 6) is 0.256. The second-order valence-electron chi connectivity index (χ2n) is 3.94. The van der Waals surface area contributed by atoms with Crippen molar-refractivity contribution in [3.63, 3.8) is 0 Å². The van der Waals surface area contributed by atoms with Crippen LogP contribution in [0.4, 0.5) is 5.82 Å². The molecule has 0 bridgehead atoms. The fourth-order valence-corrected chi connectivity index (χ4v) is 2.78. The monoisotopic (exact) mass is 300 g/mol. The second kappa shape index (κ2) is 5.20. The average Bonchev–Trinajstić information content (AvgIpc) is 2.74. The zero-order valence-electron chi connectivity index (χ0n) is 10.2. The van der Waals surface area contributed by atoms with E-state index in [1.165, 1.54) is 22.9 Å². The molecule has 6 nitrogen and oxygen atoms in total. The van der Waals surface area contributed by atoms with Gasteiger partial charge in [0.15, 0.2) is 5.82 Å². The molecule has 0 radical (unpaired) electrons. The van der Waals surface area contributed by atoms with Crippen molar-refractivity contribution in [3.8, 4) is 0 Å². The van der Waals surface area contributed by atoms with E-state index in [9.17, 15) is 8.42 Å². The zero-order chi connectivity index (χ0) is 14.0. The molecule has 0 fully saturated rings. The average molecular weight is 301 g/mol. The van der Waals surface area contributed by atoms with Crippen LogP contribution in [0.3, 0.4) is 0 Å². The molecule has 102 valence electrons. The highest BCUT2D eigenvalue weighted by atomic mass is 35.5. The van der Waals surface area contributed by atoms with Crippen molar-refractivity contribution in [2.75, 3.05) is 4.72 Å². The van der Waals surface area contributed by atoms with Crippen molar-refractivity contribution < 1.29 is 8.42 Å². The minimum absolute atomic E-state index is 0.100. The molecule has 1 heterocycles. The van der Waals surface area contributed by atoms with Gasteiger partial charge in [0, 0.05) is 30.9 Å². The van der Waals surface area contributed by atoms with Crippen LogP contribution in [0.15, 0.2) is 35.4 Å². The number of anilines is 1. The lowest BCUT2D eigenvalue weighted by Crippen LogP contribution is -2.14. The van der Waals surface area contributed by atoms with Crippen LogP contribution in [0.5, 0.6) is 0 Å². The molecule has 0 unspecified atom stereocenters. The normalized spacial score (nSPS) is 11.5. The van der Waals surface area contributed by atoms with Gasteiger partial charge in [0.1, 0.15) is 0 Å². The minimum atomic E-state index is -3.69. The lowest BCUT2D eigenvalue weighted by atomic mass is 10.2. The van der Waals surface area contributed by atoms with Gasteiger partial charge in [0.2, 0.25) is 0 Å². The number of nitrogens with two attached hydrogens (primary N) is 1. The summed E-state index contributed by atoms with van der Waals surface area (Å²) in [6, 6.07) is 5.95. The molecular weight excluding hydrogens is 288 g/mol. The van der Waals surface area contributed by atoms with Gasteiger partial charge in [-0.05, 0) is 23.8 Å². The number of nitrogens with zero attached hydrogens (tertiary/aromatic N) is 2. The molecule has 0 atom stereocenters. The number of aromatic nitrogens is 2. The first kappa shape index (κ1) is 13.9. The molecule has 0 amide bonds. The minimum Gasteiger partial charge on any atom is -0.326 e. The van der Waals surface area contributed by atoms with Crippen LogP contribution >= 0.6 is 11.6 Å². The third-order valence-corrected chi connectivity index (χ3v) is 4.22. The van der Waals surface area contributed by atoms with Gasteiger partial charge < -0.3 is 5.73 Å². The molecule has 0 aliphatic rings. The first-order chi connectivity index (χ1) is 8.92. The van der Waals surface area contributed by atoms with Crippen LogP contribution in [0.2, 0.25) is 5.02 Å². The molecule has 2 rings (SSSR count). The predicted octanol–water partition coefficient (Wildman–Crippen LogP) is 1.33. The van der Waals surface area contributed by atoms with E-state index in [4.69, 9.17) is 17.3 Å². The van der Waals surface area contributed by atoms with Gasteiger partial charge in [0.05, 0.1) is 4.90 Å². The molecule has 0 saturated carbocycles. The van der Waals surface area contributed by atoms with E-state index >= 15 is 0 Å². The van der Waals surface area contributed by atoms with Gasteiger partial charge in [-0.25, -0.2) is 8.42 Å². The van der Waals surface area contributed by atoms with Crippen molar-refractivity contribution in [1.82, 2.24) is 9.78 Å². The fourth-order valence-electron chi connectivity index (χ4n) is 1.54. The molecule has 1 aromatic carbocycles. The van der Waals surface area contributed by atoms with Crippen LogP contribution < -0.4 is 10.5 Å². The third-order valence-electron chi connectivity index (χ3n) is 2.50. The van der Waals surface area contributed by atoms with Crippen LogP contribution in [0.25, 0.3) is 0 Å². The van der Waals surface area contributed by atoms with E-state index in [2.05, 4.69) is 9.82 Å². The van der Waals surface area contributed by atoms with Crippen molar-refractivity contribution in [2.45, 2.75) is 11.4 Å². The van der Waals surface area contributed by atoms with E-state index in [-0.39, 0.29) is 17.3 Å². The molecule has 2 aromatic rings. The Bertz CT molecular complexity index is 696. The largest absolute Gasteiger partial charge is 0.326 e. The van der Waals surface area contributed by atoms with Gasteiger partial charge in [0.25, 0.3) is 10.0 Å². The Morgan fingerprint density at radius 3 is 2.74 bits per heavy atom. The van der Waals surface area contributed by atoms with Crippen LogP contribution in [0, 0.1) is 0 Å². The van der Waals surface area contributed by atoms with Crippen molar-refractivity contribution >= 4 is 27.4 Å². The maximum Gasteiger partial charge on any atom is 0.263 e. The fraction of sp³-hybridized carbons (Fsp3) is 0.182. The molecule has 0 saturated heterocycles. The molecule has 19 heavy (non-hydrogen) atoms. The zero-order valence-corrected chi connectivity index (χ0v) is 11.7. The number of hydrogen-bond acceptors (Lipinski definition) is 4. The quantitative estimate of drug-likeness (QED) is 0.891. The van der Waals surface area contributed by atoms with Gasteiger partial charge in [-0.2, -0.15) is 5.10 Å². The molecule has 0 aliphatic heterocycles. The van der Waals surface area contributed by atoms with Crippen LogP contribution in [-0.2, 0) is 23.6 Å². The Morgan fingerprint density at radius 2 is 2.16 bits per heavy atom.